The summed E-state index contributed by atoms with van der Waals surface area (Å²) in [7, 11) is 0. The number of nitrogens with zero attached hydrogens (tertiary/aromatic N) is 6. The lowest BCUT2D eigenvalue weighted by molar-refractivity contribution is 0.630. The van der Waals surface area contributed by atoms with Crippen LogP contribution >= 0.6 is 0 Å². The second-order valence-electron chi connectivity index (χ2n) is 7.23. The van der Waals surface area contributed by atoms with Gasteiger partial charge in [-0.2, -0.15) is 4.98 Å². The fourth-order valence-electron chi connectivity index (χ4n) is 3.73. The third-order valence-corrected chi connectivity index (χ3v) is 5.13. The van der Waals surface area contributed by atoms with Crippen LogP contribution in [-0.4, -0.2) is 49.9 Å². The number of rotatable bonds is 2. The van der Waals surface area contributed by atoms with E-state index in [9.17, 15) is 9.18 Å². The van der Waals surface area contributed by atoms with E-state index in [0.717, 1.165) is 38.3 Å². The predicted molar refractivity (Wildman–Crippen MR) is 108 cm³/mol. The van der Waals surface area contributed by atoms with Crippen molar-refractivity contribution >= 4 is 17.0 Å². The van der Waals surface area contributed by atoms with Crippen molar-refractivity contribution in [3.8, 4) is 11.4 Å². The van der Waals surface area contributed by atoms with Gasteiger partial charge in [0.1, 0.15) is 5.65 Å². The van der Waals surface area contributed by atoms with Crippen LogP contribution in [0.3, 0.4) is 0 Å². The molecule has 8 nitrogen and oxygen atoms in total. The zero-order valence-corrected chi connectivity index (χ0v) is 16.0. The normalized spacial score (nSPS) is 15.2. The molecule has 0 atom stereocenters. The average molecular weight is 393 g/mol. The molecule has 1 aliphatic rings. The molecule has 4 aromatic heterocycles. The Bertz CT molecular complexity index is 1270. The number of halogens is 1. The smallest absolute Gasteiger partial charge is 0.355 e. The van der Waals surface area contributed by atoms with Gasteiger partial charge in [-0.05, 0) is 38.1 Å². The number of anilines is 1. The second kappa shape index (κ2) is 6.93. The largest absolute Gasteiger partial charge is 0.369 e. The highest BCUT2D eigenvalue weighted by molar-refractivity contribution is 5.61. The Hall–Kier alpha value is -3.33. The van der Waals surface area contributed by atoms with Gasteiger partial charge in [0.2, 0.25) is 0 Å². The van der Waals surface area contributed by atoms with E-state index in [1.807, 2.05) is 6.07 Å². The topological polar surface area (TPSA) is 79.8 Å². The Morgan fingerprint density at radius 3 is 2.86 bits per heavy atom. The minimum Gasteiger partial charge on any atom is -0.369 e. The first-order valence-electron chi connectivity index (χ1n) is 9.60. The molecule has 1 saturated heterocycles. The van der Waals surface area contributed by atoms with Gasteiger partial charge >= 0.3 is 5.69 Å². The van der Waals surface area contributed by atoms with Crippen molar-refractivity contribution in [2.45, 2.75) is 13.3 Å². The van der Waals surface area contributed by atoms with Crippen LogP contribution < -0.4 is 15.9 Å². The molecule has 148 valence electrons. The molecule has 5 rings (SSSR count). The molecule has 0 spiro atoms. The first kappa shape index (κ1) is 17.7. The third kappa shape index (κ3) is 3.23. The van der Waals surface area contributed by atoms with Gasteiger partial charge in [-0.15, -0.1) is 0 Å². The van der Waals surface area contributed by atoms with E-state index in [1.54, 1.807) is 36.0 Å². The van der Waals surface area contributed by atoms with Crippen LogP contribution in [0, 0.1) is 12.7 Å². The minimum atomic E-state index is -0.482. The Morgan fingerprint density at radius 2 is 1.97 bits per heavy atom. The zero-order valence-electron chi connectivity index (χ0n) is 16.0. The number of pyridine rings is 2. The van der Waals surface area contributed by atoms with E-state index < -0.39 is 11.5 Å². The monoisotopic (exact) mass is 393 g/mol. The summed E-state index contributed by atoms with van der Waals surface area (Å²) in [5.41, 5.74) is 2.36. The highest BCUT2D eigenvalue weighted by Crippen LogP contribution is 2.20. The summed E-state index contributed by atoms with van der Waals surface area (Å²) in [6.45, 7) is 5.50. The number of hydrogen-bond acceptors (Lipinski definition) is 6. The summed E-state index contributed by atoms with van der Waals surface area (Å²) in [5, 5.41) is 3.37. The summed E-state index contributed by atoms with van der Waals surface area (Å²) >= 11 is 0. The van der Waals surface area contributed by atoms with Gasteiger partial charge in [-0.1, -0.05) is 0 Å². The first-order chi connectivity index (χ1) is 14.1. The standard InChI is InChI=1S/C20H20FN7O/c1-13-10-27-11-14(9-16(21)19(27)23-13)18-24-17-4-3-15(12-28(17)20(29)25-18)26-7-2-5-22-6-8-26/h3-4,9-12,22H,2,5-8H2,1H3. The summed E-state index contributed by atoms with van der Waals surface area (Å²) in [6, 6.07) is 5.07. The number of hydrogen-bond donors (Lipinski definition) is 1. The van der Waals surface area contributed by atoms with Gasteiger partial charge in [-0.3, -0.25) is 0 Å². The Morgan fingerprint density at radius 1 is 1.07 bits per heavy atom. The number of aromatic nitrogens is 5. The fourth-order valence-corrected chi connectivity index (χ4v) is 3.73. The predicted octanol–water partition coefficient (Wildman–Crippen LogP) is 1.65. The summed E-state index contributed by atoms with van der Waals surface area (Å²) in [5.74, 6) is -0.293. The number of aryl methyl sites for hydroxylation is 1. The van der Waals surface area contributed by atoms with Crippen LogP contribution in [0.4, 0.5) is 10.1 Å². The van der Waals surface area contributed by atoms with Crippen LogP contribution in [-0.2, 0) is 0 Å². The molecule has 0 bridgehead atoms. The van der Waals surface area contributed by atoms with Crippen molar-refractivity contribution in [3.05, 3.63) is 58.8 Å². The summed E-state index contributed by atoms with van der Waals surface area (Å²) in [4.78, 5) is 27.7. The molecule has 1 N–H and O–H groups in total. The van der Waals surface area contributed by atoms with Gasteiger partial charge in [0, 0.05) is 43.8 Å². The lowest BCUT2D eigenvalue weighted by atomic mass is 10.2. The van der Waals surface area contributed by atoms with E-state index in [2.05, 4.69) is 25.2 Å². The Kier molecular flexibility index (Phi) is 4.24. The van der Waals surface area contributed by atoms with Crippen molar-refractivity contribution in [2.75, 3.05) is 31.1 Å². The maximum Gasteiger partial charge on any atom is 0.355 e. The molecule has 0 aromatic carbocycles. The molecule has 4 aromatic rings. The molecule has 0 aliphatic carbocycles. The summed E-state index contributed by atoms with van der Waals surface area (Å²) in [6.07, 6.45) is 6.22. The van der Waals surface area contributed by atoms with Crippen molar-refractivity contribution in [3.63, 3.8) is 0 Å². The lowest BCUT2D eigenvalue weighted by Gasteiger charge is -2.22. The molecule has 29 heavy (non-hydrogen) atoms. The van der Waals surface area contributed by atoms with Crippen LogP contribution in [0.25, 0.3) is 22.7 Å². The molecule has 9 heteroatoms. The van der Waals surface area contributed by atoms with Crippen molar-refractivity contribution < 1.29 is 4.39 Å². The van der Waals surface area contributed by atoms with Gasteiger partial charge in [0.25, 0.3) is 0 Å². The second-order valence-corrected chi connectivity index (χ2v) is 7.23. The zero-order chi connectivity index (χ0) is 20.0. The van der Waals surface area contributed by atoms with Crippen molar-refractivity contribution in [1.82, 2.24) is 29.1 Å². The Labute approximate surface area is 165 Å². The molecule has 0 radical (unpaired) electrons. The molecular formula is C20H20FN7O. The lowest BCUT2D eigenvalue weighted by Crippen LogP contribution is -2.29. The first-order valence-corrected chi connectivity index (χ1v) is 9.60. The van der Waals surface area contributed by atoms with E-state index in [1.165, 1.54) is 10.5 Å². The van der Waals surface area contributed by atoms with E-state index in [4.69, 9.17) is 0 Å². The maximum atomic E-state index is 14.4. The highest BCUT2D eigenvalue weighted by atomic mass is 19.1. The van der Waals surface area contributed by atoms with Crippen LogP contribution in [0.15, 0.2) is 41.6 Å². The molecule has 0 amide bonds. The van der Waals surface area contributed by atoms with Crippen LogP contribution in [0.1, 0.15) is 12.1 Å². The maximum absolute atomic E-state index is 14.4. The van der Waals surface area contributed by atoms with E-state index in [0.29, 0.717) is 16.9 Å². The molecular weight excluding hydrogens is 373 g/mol. The van der Waals surface area contributed by atoms with Crippen molar-refractivity contribution in [2.24, 2.45) is 0 Å². The molecule has 1 aliphatic heterocycles. The molecule has 0 saturated carbocycles. The fraction of sp³-hybridized carbons (Fsp3) is 0.300. The van der Waals surface area contributed by atoms with E-state index in [-0.39, 0.29) is 11.5 Å². The molecule has 0 unspecified atom stereocenters. The third-order valence-electron chi connectivity index (χ3n) is 5.13. The molecule has 5 heterocycles. The van der Waals surface area contributed by atoms with Gasteiger partial charge in [0.05, 0.1) is 11.4 Å². The van der Waals surface area contributed by atoms with Gasteiger partial charge < -0.3 is 14.6 Å². The van der Waals surface area contributed by atoms with Crippen molar-refractivity contribution in [1.29, 1.82) is 0 Å². The highest BCUT2D eigenvalue weighted by Gasteiger charge is 2.14. The number of nitrogens with one attached hydrogen (secondary N) is 1. The quantitative estimate of drug-likeness (QED) is 0.558. The Balaban J connectivity index is 1.58. The minimum absolute atomic E-state index is 0.189. The van der Waals surface area contributed by atoms with Crippen LogP contribution in [0.2, 0.25) is 0 Å². The number of imidazole rings is 1. The SMILES string of the molecule is Cc1cn2cc(-c3nc(=O)n4cc(N5CCCNCC5)ccc4n3)cc(F)c2n1. The van der Waals surface area contributed by atoms with E-state index >= 15 is 0 Å². The number of fused-ring (bicyclic) bond motifs is 2. The van der Waals surface area contributed by atoms with Gasteiger partial charge in [-0.25, -0.2) is 23.6 Å². The molecule has 1 fully saturated rings. The average Bonchev–Trinajstić information content (AvgIpc) is 2.90. The van der Waals surface area contributed by atoms with Gasteiger partial charge in [0.15, 0.2) is 17.3 Å². The summed E-state index contributed by atoms with van der Waals surface area (Å²) < 4.78 is 17.4. The van der Waals surface area contributed by atoms with Crippen LogP contribution in [0.5, 0.6) is 0 Å².